The number of carbonyl (C=O) groups is 1. The number of hydrogen-bond acceptors (Lipinski definition) is 2. The van der Waals surface area contributed by atoms with E-state index < -0.39 is 0 Å². The van der Waals surface area contributed by atoms with Gasteiger partial charge in [0.25, 0.3) is 0 Å². The molecule has 0 spiro atoms. The second kappa shape index (κ2) is 11.7. The lowest BCUT2D eigenvalue weighted by Crippen LogP contribution is -2.10. The molecule has 0 aliphatic rings. The Morgan fingerprint density at radius 2 is 1.80 bits per heavy atom. The minimum atomic E-state index is -0.208. The maximum Gasteiger partial charge on any atom is 0.338 e. The van der Waals surface area contributed by atoms with Gasteiger partial charge in [-0.15, -0.1) is 0 Å². The van der Waals surface area contributed by atoms with Crippen LogP contribution in [0.1, 0.15) is 75.7 Å². The van der Waals surface area contributed by atoms with Crippen LogP contribution < -0.4 is 0 Å². The van der Waals surface area contributed by atoms with Crippen molar-refractivity contribution in [2.24, 2.45) is 5.92 Å². The number of ether oxygens (including phenoxy) is 1. The summed E-state index contributed by atoms with van der Waals surface area (Å²) in [6.07, 6.45) is 10.1. The van der Waals surface area contributed by atoms with Crippen molar-refractivity contribution in [1.82, 2.24) is 0 Å². The molecule has 2 nitrogen and oxygen atoms in total. The number of esters is 1. The van der Waals surface area contributed by atoms with E-state index in [1.165, 1.54) is 11.1 Å². The molecule has 138 valence electrons. The van der Waals surface area contributed by atoms with Gasteiger partial charge in [-0.3, -0.25) is 0 Å². The summed E-state index contributed by atoms with van der Waals surface area (Å²) in [5.41, 5.74) is 4.50. The number of allylic oxidation sites excluding steroid dienone is 4. The second-order valence-corrected chi connectivity index (χ2v) is 7.29. The highest BCUT2D eigenvalue weighted by molar-refractivity contribution is 5.90. The van der Waals surface area contributed by atoms with Crippen molar-refractivity contribution in [3.63, 3.8) is 0 Å². The van der Waals surface area contributed by atoms with Gasteiger partial charge in [-0.1, -0.05) is 48.4 Å². The zero-order chi connectivity index (χ0) is 18.7. The van der Waals surface area contributed by atoms with Gasteiger partial charge in [0.05, 0.1) is 12.2 Å². The van der Waals surface area contributed by atoms with E-state index in [1.54, 1.807) is 0 Å². The van der Waals surface area contributed by atoms with E-state index in [1.807, 2.05) is 31.2 Å². The van der Waals surface area contributed by atoms with Gasteiger partial charge in [-0.2, -0.15) is 0 Å². The van der Waals surface area contributed by atoms with Crippen LogP contribution >= 0.6 is 0 Å². The van der Waals surface area contributed by atoms with Crippen molar-refractivity contribution in [2.45, 2.75) is 66.7 Å². The van der Waals surface area contributed by atoms with Crippen LogP contribution in [0.2, 0.25) is 0 Å². The highest BCUT2D eigenvalue weighted by Crippen LogP contribution is 2.15. The Kier molecular flexibility index (Phi) is 9.91. The van der Waals surface area contributed by atoms with Crippen LogP contribution in [0.3, 0.4) is 0 Å². The lowest BCUT2D eigenvalue weighted by molar-refractivity contribution is 0.0483. The maximum absolute atomic E-state index is 12.1. The van der Waals surface area contributed by atoms with Crippen LogP contribution in [0.5, 0.6) is 0 Å². The third-order valence-corrected chi connectivity index (χ3v) is 4.45. The van der Waals surface area contributed by atoms with Crippen molar-refractivity contribution in [3.8, 4) is 0 Å². The molecule has 0 radical (unpaired) electrons. The number of carbonyl (C=O) groups excluding carboxylic acids is 1. The fourth-order valence-electron chi connectivity index (χ4n) is 2.68. The molecule has 0 aliphatic heterocycles. The van der Waals surface area contributed by atoms with Crippen LogP contribution in [0.4, 0.5) is 0 Å². The van der Waals surface area contributed by atoms with Crippen molar-refractivity contribution in [1.29, 1.82) is 0 Å². The van der Waals surface area contributed by atoms with E-state index in [0.29, 0.717) is 18.1 Å². The van der Waals surface area contributed by atoms with Crippen LogP contribution in [-0.4, -0.2) is 12.6 Å². The van der Waals surface area contributed by atoms with Gasteiger partial charge in [-0.05, 0) is 77.3 Å². The SMILES string of the molecule is CC(C)=CCC/C(C)=C/CC[C@H](C)CCOC(=O)c1ccccc1C. The molecular formula is C23H34O2. The number of hydrogen-bond donors (Lipinski definition) is 0. The van der Waals surface area contributed by atoms with Gasteiger partial charge in [-0.25, -0.2) is 4.79 Å². The average molecular weight is 343 g/mol. The lowest BCUT2D eigenvalue weighted by atomic mass is 10.0. The molecule has 0 aromatic heterocycles. The van der Waals surface area contributed by atoms with Gasteiger partial charge in [0, 0.05) is 0 Å². The zero-order valence-electron chi connectivity index (χ0n) is 16.6. The zero-order valence-corrected chi connectivity index (χ0v) is 16.6. The topological polar surface area (TPSA) is 26.3 Å². The Balaban J connectivity index is 2.22. The Labute approximate surface area is 154 Å². The van der Waals surface area contributed by atoms with E-state index in [-0.39, 0.29) is 5.97 Å². The summed E-state index contributed by atoms with van der Waals surface area (Å²) in [4.78, 5) is 12.1. The van der Waals surface area contributed by atoms with Gasteiger partial charge >= 0.3 is 5.97 Å². The molecule has 0 fully saturated rings. The predicted molar refractivity (Wildman–Crippen MR) is 107 cm³/mol. The molecule has 2 heteroatoms. The van der Waals surface area contributed by atoms with Crippen molar-refractivity contribution < 1.29 is 9.53 Å². The molecular weight excluding hydrogens is 308 g/mol. The first kappa shape index (κ1) is 21.2. The number of aryl methyl sites for hydroxylation is 1. The summed E-state index contributed by atoms with van der Waals surface area (Å²) in [5.74, 6) is 0.354. The molecule has 1 rings (SSSR count). The monoisotopic (exact) mass is 342 g/mol. The molecule has 0 aliphatic carbocycles. The largest absolute Gasteiger partial charge is 0.462 e. The lowest BCUT2D eigenvalue weighted by Gasteiger charge is -2.11. The third-order valence-electron chi connectivity index (χ3n) is 4.45. The van der Waals surface area contributed by atoms with Crippen LogP contribution in [0.25, 0.3) is 0 Å². The molecule has 0 N–H and O–H groups in total. The maximum atomic E-state index is 12.1. The van der Waals surface area contributed by atoms with Crippen molar-refractivity contribution in [2.75, 3.05) is 6.61 Å². The van der Waals surface area contributed by atoms with Crippen LogP contribution in [0, 0.1) is 12.8 Å². The Hall–Kier alpha value is -1.83. The van der Waals surface area contributed by atoms with Gasteiger partial charge in [0.1, 0.15) is 0 Å². The van der Waals surface area contributed by atoms with Gasteiger partial charge in [0.2, 0.25) is 0 Å². The van der Waals surface area contributed by atoms with E-state index in [2.05, 4.69) is 39.8 Å². The fourth-order valence-corrected chi connectivity index (χ4v) is 2.68. The first-order valence-electron chi connectivity index (χ1n) is 9.42. The molecule has 0 heterocycles. The second-order valence-electron chi connectivity index (χ2n) is 7.29. The normalized spacial score (nSPS) is 12.6. The van der Waals surface area contributed by atoms with E-state index in [9.17, 15) is 4.79 Å². The Morgan fingerprint density at radius 1 is 1.08 bits per heavy atom. The summed E-state index contributed by atoms with van der Waals surface area (Å²) in [5, 5.41) is 0. The minimum Gasteiger partial charge on any atom is -0.462 e. The van der Waals surface area contributed by atoms with Crippen LogP contribution in [-0.2, 0) is 4.74 Å². The summed E-state index contributed by atoms with van der Waals surface area (Å²) in [6.45, 7) is 11.2. The smallest absolute Gasteiger partial charge is 0.338 e. The van der Waals surface area contributed by atoms with E-state index >= 15 is 0 Å². The third kappa shape index (κ3) is 9.28. The summed E-state index contributed by atoms with van der Waals surface area (Å²) in [7, 11) is 0. The Bertz CT molecular complexity index is 592. The first-order chi connectivity index (χ1) is 11.9. The Morgan fingerprint density at radius 3 is 2.48 bits per heavy atom. The number of benzene rings is 1. The van der Waals surface area contributed by atoms with Crippen LogP contribution in [0.15, 0.2) is 47.6 Å². The summed E-state index contributed by atoms with van der Waals surface area (Å²) in [6, 6.07) is 7.57. The quantitative estimate of drug-likeness (QED) is 0.351. The fraction of sp³-hybridized carbons (Fsp3) is 0.522. The van der Waals surface area contributed by atoms with Crippen molar-refractivity contribution >= 4 is 5.97 Å². The summed E-state index contributed by atoms with van der Waals surface area (Å²) < 4.78 is 5.42. The highest BCUT2D eigenvalue weighted by Gasteiger charge is 2.10. The van der Waals surface area contributed by atoms with E-state index in [4.69, 9.17) is 4.74 Å². The molecule has 1 atom stereocenters. The predicted octanol–water partition coefficient (Wildman–Crippen LogP) is 6.65. The molecule has 0 saturated carbocycles. The molecule has 1 aromatic carbocycles. The summed E-state index contributed by atoms with van der Waals surface area (Å²) >= 11 is 0. The number of rotatable bonds is 10. The van der Waals surface area contributed by atoms with E-state index in [0.717, 1.165) is 37.7 Å². The molecule has 0 unspecified atom stereocenters. The molecule has 1 aromatic rings. The molecule has 25 heavy (non-hydrogen) atoms. The van der Waals surface area contributed by atoms with Crippen molar-refractivity contribution in [3.05, 3.63) is 58.7 Å². The van der Waals surface area contributed by atoms with Gasteiger partial charge in [0.15, 0.2) is 0 Å². The molecule has 0 saturated heterocycles. The molecule has 0 bridgehead atoms. The first-order valence-corrected chi connectivity index (χ1v) is 9.42. The highest BCUT2D eigenvalue weighted by atomic mass is 16.5. The average Bonchev–Trinajstić information content (AvgIpc) is 2.54. The molecule has 0 amide bonds. The van der Waals surface area contributed by atoms with Gasteiger partial charge < -0.3 is 4.74 Å². The standard InChI is InChI=1S/C23H34O2/c1-18(2)10-8-11-19(3)12-9-13-20(4)16-17-25-23(24)22-15-7-6-14-21(22)5/h6-7,10,12,14-15,20H,8-9,11,13,16-17H2,1-5H3/b19-12+/t20-/m0/s1. The minimum absolute atomic E-state index is 0.208.